The molecule has 1 spiro atoms. The molecule has 140 valence electrons. The number of aliphatic hydroxyl groups excluding tert-OH is 1. The molecular weight excluding hydrogens is 308 g/mol. The Morgan fingerprint density at radius 1 is 1.25 bits per heavy atom. The molecule has 2 aliphatic carbocycles. The second kappa shape index (κ2) is 8.77. The summed E-state index contributed by atoms with van der Waals surface area (Å²) in [7, 11) is 3.27. The second-order valence-electron chi connectivity index (χ2n) is 7.53. The van der Waals surface area contributed by atoms with Gasteiger partial charge in [0.05, 0.1) is 6.10 Å². The average molecular weight is 342 g/mol. The Labute approximate surface area is 146 Å². The third-order valence-corrected chi connectivity index (χ3v) is 6.32. The third-order valence-electron chi connectivity index (χ3n) is 6.32. The van der Waals surface area contributed by atoms with E-state index in [1.165, 1.54) is 5.57 Å². The third kappa shape index (κ3) is 3.86. The number of aliphatic hydroxyl groups is 1. The fraction of sp³-hybridized carbons (Fsp3) is 0.895. The van der Waals surface area contributed by atoms with E-state index in [1.54, 1.807) is 14.2 Å². The molecule has 2 rings (SSSR count). The van der Waals surface area contributed by atoms with Crippen molar-refractivity contribution in [3.63, 3.8) is 0 Å². The van der Waals surface area contributed by atoms with Gasteiger partial charge >= 0.3 is 0 Å². The minimum absolute atomic E-state index is 0.0491. The van der Waals surface area contributed by atoms with E-state index in [0.717, 1.165) is 19.3 Å². The monoisotopic (exact) mass is 342 g/mol. The molecular formula is C19H34O5. The molecule has 5 heteroatoms. The molecule has 0 saturated heterocycles. The molecule has 0 aliphatic heterocycles. The molecule has 0 aromatic heterocycles. The van der Waals surface area contributed by atoms with Crippen LogP contribution in [-0.4, -0.2) is 51.7 Å². The molecule has 6 atom stereocenters. The SMILES string of the molecule is COCO[C@@H]1[C@@H](C)[C@@]2(CC[C@@H](C(C)CO)C2)C(C)=C[C@H]1OCOC. The summed E-state index contributed by atoms with van der Waals surface area (Å²) in [6.07, 6.45) is 5.47. The van der Waals surface area contributed by atoms with Gasteiger partial charge in [0.15, 0.2) is 0 Å². The number of hydrogen-bond donors (Lipinski definition) is 1. The number of allylic oxidation sites excluding steroid dienone is 1. The summed E-state index contributed by atoms with van der Waals surface area (Å²) < 4.78 is 22.1. The highest BCUT2D eigenvalue weighted by molar-refractivity contribution is 5.24. The quantitative estimate of drug-likeness (QED) is 0.543. The smallest absolute Gasteiger partial charge is 0.147 e. The summed E-state index contributed by atoms with van der Waals surface area (Å²) in [5.41, 5.74) is 1.53. The molecule has 24 heavy (non-hydrogen) atoms. The Morgan fingerprint density at radius 3 is 2.54 bits per heavy atom. The average Bonchev–Trinajstić information content (AvgIpc) is 3.03. The van der Waals surface area contributed by atoms with Gasteiger partial charge in [-0.25, -0.2) is 0 Å². The lowest BCUT2D eigenvalue weighted by Gasteiger charge is -2.47. The highest BCUT2D eigenvalue weighted by atomic mass is 16.7. The summed E-state index contributed by atoms with van der Waals surface area (Å²) in [5, 5.41) is 9.53. The fourth-order valence-corrected chi connectivity index (χ4v) is 4.66. The maximum Gasteiger partial charge on any atom is 0.147 e. The van der Waals surface area contributed by atoms with Crippen LogP contribution in [0.1, 0.15) is 40.0 Å². The van der Waals surface area contributed by atoms with Gasteiger partial charge in [0, 0.05) is 20.8 Å². The Balaban J connectivity index is 2.23. The van der Waals surface area contributed by atoms with Gasteiger partial charge in [0.1, 0.15) is 19.7 Å². The summed E-state index contributed by atoms with van der Waals surface area (Å²) in [4.78, 5) is 0. The first-order chi connectivity index (χ1) is 11.5. The minimum atomic E-state index is -0.116. The van der Waals surface area contributed by atoms with Crippen LogP contribution in [0.2, 0.25) is 0 Å². The van der Waals surface area contributed by atoms with Crippen LogP contribution in [0, 0.1) is 23.2 Å². The molecule has 0 amide bonds. The first kappa shape index (κ1) is 19.9. The predicted octanol–water partition coefficient (Wildman–Crippen LogP) is 2.98. The Hall–Kier alpha value is -0.460. The lowest BCUT2D eigenvalue weighted by Crippen LogP contribution is -2.48. The number of rotatable bonds is 8. The van der Waals surface area contributed by atoms with Gasteiger partial charge in [-0.3, -0.25) is 0 Å². The molecule has 2 aliphatic rings. The molecule has 5 nitrogen and oxygen atoms in total. The van der Waals surface area contributed by atoms with Crippen molar-refractivity contribution < 1.29 is 24.1 Å². The largest absolute Gasteiger partial charge is 0.396 e. The van der Waals surface area contributed by atoms with Crippen LogP contribution >= 0.6 is 0 Å². The fourth-order valence-electron chi connectivity index (χ4n) is 4.66. The van der Waals surface area contributed by atoms with E-state index in [-0.39, 0.29) is 37.8 Å². The van der Waals surface area contributed by atoms with Gasteiger partial charge in [0.2, 0.25) is 0 Å². The molecule has 0 heterocycles. The van der Waals surface area contributed by atoms with Gasteiger partial charge in [-0.2, -0.15) is 0 Å². The van der Waals surface area contributed by atoms with E-state index in [0.29, 0.717) is 17.8 Å². The van der Waals surface area contributed by atoms with Crippen LogP contribution in [0.25, 0.3) is 0 Å². The van der Waals surface area contributed by atoms with Crippen molar-refractivity contribution in [1.29, 1.82) is 0 Å². The van der Waals surface area contributed by atoms with Crippen LogP contribution in [0.4, 0.5) is 0 Å². The molecule has 1 fully saturated rings. The van der Waals surface area contributed by atoms with Crippen LogP contribution in [0.3, 0.4) is 0 Å². The highest BCUT2D eigenvalue weighted by Gasteiger charge is 2.52. The maximum absolute atomic E-state index is 9.53. The number of hydrogen-bond acceptors (Lipinski definition) is 5. The molecule has 1 unspecified atom stereocenters. The molecule has 1 saturated carbocycles. The van der Waals surface area contributed by atoms with E-state index in [4.69, 9.17) is 18.9 Å². The van der Waals surface area contributed by atoms with Gasteiger partial charge in [-0.05, 0) is 49.4 Å². The maximum atomic E-state index is 9.53. The molecule has 0 aromatic rings. The van der Waals surface area contributed by atoms with Crippen LogP contribution < -0.4 is 0 Å². The van der Waals surface area contributed by atoms with Crippen molar-refractivity contribution in [3.05, 3.63) is 11.6 Å². The molecule has 0 aromatic carbocycles. The second-order valence-corrected chi connectivity index (χ2v) is 7.53. The standard InChI is InChI=1S/C19H34O5/c1-13(10-20)16-6-7-19(9-16)14(2)8-17(23-11-21-4)18(15(19)3)24-12-22-5/h8,13,15-18,20H,6-7,9-12H2,1-5H3/t13?,15-,16-,17-,18-,19-/m1/s1. The van der Waals surface area contributed by atoms with Crippen molar-refractivity contribution in [2.24, 2.45) is 23.2 Å². The van der Waals surface area contributed by atoms with Crippen molar-refractivity contribution >= 4 is 0 Å². The van der Waals surface area contributed by atoms with Crippen molar-refractivity contribution in [3.8, 4) is 0 Å². The van der Waals surface area contributed by atoms with Crippen LogP contribution in [0.15, 0.2) is 11.6 Å². The zero-order valence-electron chi connectivity index (χ0n) is 15.8. The van der Waals surface area contributed by atoms with E-state index >= 15 is 0 Å². The van der Waals surface area contributed by atoms with Crippen LogP contribution in [0.5, 0.6) is 0 Å². The zero-order chi connectivity index (χ0) is 17.7. The Kier molecular flexibility index (Phi) is 7.25. The molecule has 0 bridgehead atoms. The normalized spacial score (nSPS) is 37.7. The van der Waals surface area contributed by atoms with E-state index < -0.39 is 0 Å². The van der Waals surface area contributed by atoms with Crippen LogP contribution in [-0.2, 0) is 18.9 Å². The van der Waals surface area contributed by atoms with E-state index in [1.807, 2.05) is 0 Å². The zero-order valence-corrected chi connectivity index (χ0v) is 15.8. The first-order valence-corrected chi connectivity index (χ1v) is 9.01. The summed E-state index contributed by atoms with van der Waals surface area (Å²) in [5.74, 6) is 1.25. The first-order valence-electron chi connectivity index (χ1n) is 9.01. The van der Waals surface area contributed by atoms with Gasteiger partial charge in [-0.15, -0.1) is 0 Å². The van der Waals surface area contributed by atoms with Crippen molar-refractivity contribution in [1.82, 2.24) is 0 Å². The lowest BCUT2D eigenvalue weighted by atomic mass is 9.62. The lowest BCUT2D eigenvalue weighted by molar-refractivity contribution is -0.174. The summed E-state index contributed by atoms with van der Waals surface area (Å²) in [6.45, 7) is 7.43. The summed E-state index contributed by atoms with van der Waals surface area (Å²) >= 11 is 0. The van der Waals surface area contributed by atoms with Gasteiger partial charge < -0.3 is 24.1 Å². The molecule has 1 N–H and O–H groups in total. The van der Waals surface area contributed by atoms with Crippen molar-refractivity contribution in [2.75, 3.05) is 34.4 Å². The van der Waals surface area contributed by atoms with E-state index in [2.05, 4.69) is 26.8 Å². The minimum Gasteiger partial charge on any atom is -0.396 e. The number of ether oxygens (including phenoxy) is 4. The van der Waals surface area contributed by atoms with Gasteiger partial charge in [-0.1, -0.05) is 25.5 Å². The van der Waals surface area contributed by atoms with Gasteiger partial charge in [0.25, 0.3) is 0 Å². The highest BCUT2D eigenvalue weighted by Crippen LogP contribution is 2.57. The Bertz CT molecular complexity index is 424. The summed E-state index contributed by atoms with van der Waals surface area (Å²) in [6, 6.07) is 0. The molecule has 0 radical (unpaired) electrons. The van der Waals surface area contributed by atoms with E-state index in [9.17, 15) is 5.11 Å². The van der Waals surface area contributed by atoms with Crippen molar-refractivity contribution in [2.45, 2.75) is 52.2 Å². The predicted molar refractivity (Wildman–Crippen MR) is 92.4 cm³/mol. The Morgan fingerprint density at radius 2 is 1.92 bits per heavy atom. The topological polar surface area (TPSA) is 57.2 Å². The number of methoxy groups -OCH3 is 2.